The number of amides is 1. The van der Waals surface area contributed by atoms with Crippen molar-refractivity contribution in [3.05, 3.63) is 36.4 Å². The third kappa shape index (κ3) is 6.61. The summed E-state index contributed by atoms with van der Waals surface area (Å²) in [5.41, 5.74) is -0.392. The second-order valence-corrected chi connectivity index (χ2v) is 7.25. The van der Waals surface area contributed by atoms with Crippen molar-refractivity contribution in [2.45, 2.75) is 64.1 Å². The molecule has 1 saturated heterocycles. The molecule has 23 heavy (non-hydrogen) atoms. The van der Waals surface area contributed by atoms with E-state index in [0.717, 1.165) is 38.8 Å². The fourth-order valence-electron chi connectivity index (χ4n) is 2.73. The van der Waals surface area contributed by atoms with Gasteiger partial charge in [-0.2, -0.15) is 0 Å². The van der Waals surface area contributed by atoms with Gasteiger partial charge in [0.2, 0.25) is 0 Å². The molecule has 1 aromatic carbocycles. The van der Waals surface area contributed by atoms with Crippen molar-refractivity contribution in [3.63, 3.8) is 0 Å². The summed E-state index contributed by atoms with van der Waals surface area (Å²) in [7, 11) is 0. The molecule has 1 N–H and O–H groups in total. The van der Waals surface area contributed by atoms with Crippen LogP contribution in [-0.2, 0) is 4.74 Å². The summed E-state index contributed by atoms with van der Waals surface area (Å²) in [5, 5.41) is 3.34. The highest BCUT2D eigenvalue weighted by molar-refractivity contribution is 5.69. The number of carbonyl (C=O) groups excluding carboxylic acids is 1. The first-order chi connectivity index (χ1) is 11.0. The van der Waals surface area contributed by atoms with Gasteiger partial charge >= 0.3 is 6.09 Å². The summed E-state index contributed by atoms with van der Waals surface area (Å²) in [4.78, 5) is 14.2. The third-order valence-corrected chi connectivity index (χ3v) is 3.91. The van der Waals surface area contributed by atoms with Gasteiger partial charge in [0.25, 0.3) is 0 Å². The first kappa shape index (κ1) is 17.8. The number of carbonyl (C=O) groups is 1. The summed E-state index contributed by atoms with van der Waals surface area (Å²) in [6, 6.07) is 12.8. The average molecular weight is 318 g/mol. The van der Waals surface area contributed by atoms with Crippen LogP contribution >= 0.6 is 0 Å². The van der Waals surface area contributed by atoms with E-state index in [9.17, 15) is 4.79 Å². The Hall–Kier alpha value is -1.55. The number of ether oxygens (including phenoxy) is 1. The minimum atomic E-state index is -0.392. The first-order valence-corrected chi connectivity index (χ1v) is 8.69. The molecule has 0 spiro atoms. The van der Waals surface area contributed by atoms with E-state index in [1.807, 2.05) is 62.1 Å². The van der Waals surface area contributed by atoms with E-state index in [-0.39, 0.29) is 6.09 Å². The molecule has 4 heteroatoms. The van der Waals surface area contributed by atoms with Crippen molar-refractivity contribution in [1.82, 2.24) is 10.2 Å². The molecule has 0 aromatic heterocycles. The van der Waals surface area contributed by atoms with E-state index in [0.29, 0.717) is 12.1 Å². The molecular weight excluding hydrogens is 288 g/mol. The molecule has 1 saturated carbocycles. The summed E-state index contributed by atoms with van der Waals surface area (Å²) in [5.74, 6) is 0. The lowest BCUT2D eigenvalue weighted by Gasteiger charge is -2.36. The molecule has 1 heterocycles. The molecule has 0 atom stereocenters. The Labute approximate surface area is 140 Å². The van der Waals surface area contributed by atoms with Gasteiger partial charge in [0.1, 0.15) is 5.60 Å². The molecule has 2 aliphatic rings. The van der Waals surface area contributed by atoms with Crippen LogP contribution in [0, 0.1) is 0 Å². The SMILES string of the molecule is CC(C)(C)OC(=O)N(C1CCNCC1)C1CC1.c1ccccc1. The van der Waals surface area contributed by atoms with Gasteiger partial charge < -0.3 is 15.0 Å². The monoisotopic (exact) mass is 318 g/mol. The number of rotatable bonds is 2. The van der Waals surface area contributed by atoms with Crippen molar-refractivity contribution >= 4 is 6.09 Å². The maximum Gasteiger partial charge on any atom is 0.410 e. The Kier molecular flexibility index (Phi) is 6.46. The molecule has 0 unspecified atom stereocenters. The standard InChI is InChI=1S/C13H24N2O2.C6H6/c1-13(2,3)17-12(16)15(10-4-5-10)11-6-8-14-9-7-11;1-2-4-6-5-3-1/h10-11,14H,4-9H2,1-3H3;1-6H. The topological polar surface area (TPSA) is 41.6 Å². The van der Waals surface area contributed by atoms with Crippen LogP contribution in [0.15, 0.2) is 36.4 Å². The maximum atomic E-state index is 12.2. The van der Waals surface area contributed by atoms with E-state index in [4.69, 9.17) is 4.74 Å². The number of piperidine rings is 1. The normalized spacial score (nSPS) is 18.6. The molecule has 0 bridgehead atoms. The van der Waals surface area contributed by atoms with Crippen LogP contribution in [-0.4, -0.2) is 41.8 Å². The summed E-state index contributed by atoms with van der Waals surface area (Å²) in [6.07, 6.45) is 4.27. The van der Waals surface area contributed by atoms with Gasteiger partial charge in [0.15, 0.2) is 0 Å². The summed E-state index contributed by atoms with van der Waals surface area (Å²) in [6.45, 7) is 7.81. The van der Waals surface area contributed by atoms with Crippen LogP contribution in [0.2, 0.25) is 0 Å². The largest absolute Gasteiger partial charge is 0.444 e. The summed E-state index contributed by atoms with van der Waals surface area (Å²) >= 11 is 0. The molecule has 1 aromatic rings. The van der Waals surface area contributed by atoms with Crippen LogP contribution in [0.5, 0.6) is 0 Å². The lowest BCUT2D eigenvalue weighted by molar-refractivity contribution is 0.0107. The number of hydrogen-bond donors (Lipinski definition) is 1. The molecule has 4 nitrogen and oxygen atoms in total. The van der Waals surface area contributed by atoms with E-state index >= 15 is 0 Å². The predicted molar refractivity (Wildman–Crippen MR) is 93.4 cm³/mol. The molecule has 1 amide bonds. The Morgan fingerprint density at radius 1 is 0.913 bits per heavy atom. The smallest absolute Gasteiger partial charge is 0.410 e. The highest BCUT2D eigenvalue weighted by Gasteiger charge is 2.39. The minimum absolute atomic E-state index is 0.119. The zero-order valence-corrected chi connectivity index (χ0v) is 14.6. The Balaban J connectivity index is 0.000000268. The van der Waals surface area contributed by atoms with Gasteiger partial charge in [0.05, 0.1) is 0 Å². The molecule has 1 aliphatic heterocycles. The molecule has 128 valence electrons. The van der Waals surface area contributed by atoms with Crippen LogP contribution in [0.4, 0.5) is 4.79 Å². The predicted octanol–water partition coefficient (Wildman–Crippen LogP) is 3.82. The van der Waals surface area contributed by atoms with Crippen LogP contribution in [0.3, 0.4) is 0 Å². The number of nitrogens with one attached hydrogen (secondary N) is 1. The van der Waals surface area contributed by atoms with Gasteiger partial charge in [-0.3, -0.25) is 0 Å². The number of benzene rings is 1. The van der Waals surface area contributed by atoms with Crippen molar-refractivity contribution < 1.29 is 9.53 Å². The molecule has 0 radical (unpaired) electrons. The van der Waals surface area contributed by atoms with Crippen molar-refractivity contribution in [1.29, 1.82) is 0 Å². The Morgan fingerprint density at radius 3 is 1.74 bits per heavy atom. The third-order valence-electron chi connectivity index (χ3n) is 3.91. The van der Waals surface area contributed by atoms with Gasteiger partial charge in [0, 0.05) is 12.1 Å². The minimum Gasteiger partial charge on any atom is -0.444 e. The van der Waals surface area contributed by atoms with E-state index in [1.54, 1.807) is 0 Å². The lowest BCUT2D eigenvalue weighted by atomic mass is 10.1. The maximum absolute atomic E-state index is 12.2. The first-order valence-electron chi connectivity index (χ1n) is 8.69. The fourth-order valence-corrected chi connectivity index (χ4v) is 2.73. The molecular formula is C19H30N2O2. The molecule has 3 rings (SSSR count). The highest BCUT2D eigenvalue weighted by Crippen LogP contribution is 2.32. The zero-order chi connectivity index (χ0) is 16.7. The molecule has 2 fully saturated rings. The average Bonchev–Trinajstić information content (AvgIpc) is 3.34. The molecule has 1 aliphatic carbocycles. The van der Waals surface area contributed by atoms with E-state index in [2.05, 4.69) is 5.32 Å². The van der Waals surface area contributed by atoms with Crippen LogP contribution in [0.25, 0.3) is 0 Å². The van der Waals surface area contributed by atoms with Crippen LogP contribution < -0.4 is 5.32 Å². The van der Waals surface area contributed by atoms with E-state index < -0.39 is 5.60 Å². The van der Waals surface area contributed by atoms with Gasteiger partial charge in [-0.05, 0) is 59.5 Å². The van der Waals surface area contributed by atoms with Gasteiger partial charge in [-0.1, -0.05) is 36.4 Å². The Bertz CT molecular complexity index is 433. The van der Waals surface area contributed by atoms with Crippen molar-refractivity contribution in [2.75, 3.05) is 13.1 Å². The van der Waals surface area contributed by atoms with Gasteiger partial charge in [-0.25, -0.2) is 4.79 Å². The quantitative estimate of drug-likeness (QED) is 0.901. The summed E-state index contributed by atoms with van der Waals surface area (Å²) < 4.78 is 5.52. The van der Waals surface area contributed by atoms with Crippen molar-refractivity contribution in [3.8, 4) is 0 Å². The second kappa shape index (κ2) is 8.34. The second-order valence-electron chi connectivity index (χ2n) is 7.25. The zero-order valence-electron chi connectivity index (χ0n) is 14.6. The number of nitrogens with zero attached hydrogens (tertiary/aromatic N) is 1. The lowest BCUT2D eigenvalue weighted by Crippen LogP contribution is -2.48. The van der Waals surface area contributed by atoms with E-state index in [1.165, 1.54) is 0 Å². The van der Waals surface area contributed by atoms with Crippen LogP contribution in [0.1, 0.15) is 46.5 Å². The number of hydrogen-bond acceptors (Lipinski definition) is 3. The highest BCUT2D eigenvalue weighted by atomic mass is 16.6. The van der Waals surface area contributed by atoms with Gasteiger partial charge in [-0.15, -0.1) is 0 Å². The fraction of sp³-hybridized carbons (Fsp3) is 0.632. The Morgan fingerprint density at radius 2 is 1.35 bits per heavy atom. The van der Waals surface area contributed by atoms with Crippen molar-refractivity contribution in [2.24, 2.45) is 0 Å².